The van der Waals surface area contributed by atoms with E-state index in [-0.39, 0.29) is 18.2 Å². The van der Waals surface area contributed by atoms with Gasteiger partial charge in [0.05, 0.1) is 11.4 Å². The van der Waals surface area contributed by atoms with Crippen LogP contribution in [0.1, 0.15) is 16.8 Å². The number of primary amides is 1. The molecule has 0 saturated heterocycles. The normalized spacial score (nSPS) is 9.71. The summed E-state index contributed by atoms with van der Waals surface area (Å²) in [6.07, 6.45) is 0.233. The lowest BCUT2D eigenvalue weighted by Gasteiger charge is -2.09. The molecule has 1 aromatic carbocycles. The molecular formula is C11H16N4O2. The van der Waals surface area contributed by atoms with Crippen LogP contribution in [-0.4, -0.2) is 25.4 Å². The van der Waals surface area contributed by atoms with Crippen molar-refractivity contribution in [3.8, 4) is 0 Å². The van der Waals surface area contributed by atoms with Gasteiger partial charge in [0.2, 0.25) is 5.91 Å². The van der Waals surface area contributed by atoms with E-state index < -0.39 is 0 Å². The van der Waals surface area contributed by atoms with Crippen LogP contribution in [0.25, 0.3) is 0 Å². The maximum atomic E-state index is 11.3. The number of hydrogen-bond donors (Lipinski definition) is 4. The van der Waals surface area contributed by atoms with Crippen molar-refractivity contribution in [2.24, 2.45) is 5.73 Å². The van der Waals surface area contributed by atoms with Crippen LogP contribution in [0.2, 0.25) is 0 Å². The molecule has 6 N–H and O–H groups in total. The zero-order chi connectivity index (χ0) is 12.8. The molecule has 17 heavy (non-hydrogen) atoms. The Morgan fingerprint density at radius 3 is 2.59 bits per heavy atom. The largest absolute Gasteiger partial charge is 0.397 e. The number of carbonyl (C=O) groups excluding carboxylic acids is 2. The Morgan fingerprint density at radius 1 is 1.35 bits per heavy atom. The number of amides is 2. The maximum Gasteiger partial charge on any atom is 0.251 e. The Labute approximate surface area is 99.4 Å². The van der Waals surface area contributed by atoms with Gasteiger partial charge in [-0.05, 0) is 18.2 Å². The lowest BCUT2D eigenvalue weighted by molar-refractivity contribution is -0.117. The Morgan fingerprint density at radius 2 is 2.06 bits per heavy atom. The second kappa shape index (κ2) is 5.74. The number of nitrogen functional groups attached to an aromatic ring is 1. The van der Waals surface area contributed by atoms with Crippen molar-refractivity contribution >= 4 is 23.2 Å². The van der Waals surface area contributed by atoms with Crippen LogP contribution in [0, 0.1) is 0 Å². The van der Waals surface area contributed by atoms with Crippen LogP contribution < -0.4 is 22.1 Å². The number of anilines is 2. The molecule has 0 aliphatic carbocycles. The topological polar surface area (TPSA) is 110 Å². The molecule has 0 unspecified atom stereocenters. The molecule has 0 fully saturated rings. The molecule has 0 heterocycles. The van der Waals surface area contributed by atoms with Crippen LogP contribution >= 0.6 is 0 Å². The van der Waals surface area contributed by atoms with E-state index in [2.05, 4.69) is 10.6 Å². The molecule has 0 radical (unpaired) electrons. The van der Waals surface area contributed by atoms with E-state index in [0.717, 1.165) is 0 Å². The fourth-order valence-corrected chi connectivity index (χ4v) is 1.33. The van der Waals surface area contributed by atoms with Crippen molar-refractivity contribution in [2.75, 3.05) is 24.6 Å². The predicted octanol–water partition coefficient (Wildman–Crippen LogP) is -0.0843. The molecule has 0 aromatic heterocycles. The van der Waals surface area contributed by atoms with Gasteiger partial charge in [0.1, 0.15) is 0 Å². The molecule has 0 atom stereocenters. The number of rotatable bonds is 5. The minimum atomic E-state index is -0.377. The quantitative estimate of drug-likeness (QED) is 0.536. The summed E-state index contributed by atoms with van der Waals surface area (Å²) < 4.78 is 0. The highest BCUT2D eigenvalue weighted by atomic mass is 16.1. The van der Waals surface area contributed by atoms with Gasteiger partial charge >= 0.3 is 0 Å². The van der Waals surface area contributed by atoms with E-state index in [1.165, 1.54) is 0 Å². The second-order valence-corrected chi connectivity index (χ2v) is 3.52. The van der Waals surface area contributed by atoms with Gasteiger partial charge in [-0.15, -0.1) is 0 Å². The third kappa shape index (κ3) is 3.67. The van der Waals surface area contributed by atoms with Gasteiger partial charge in [0, 0.05) is 25.6 Å². The van der Waals surface area contributed by atoms with Gasteiger partial charge in [-0.3, -0.25) is 9.59 Å². The first-order valence-corrected chi connectivity index (χ1v) is 5.18. The SMILES string of the molecule is CNC(=O)c1ccc(NCCC(N)=O)c(N)c1. The predicted molar refractivity (Wildman–Crippen MR) is 66.5 cm³/mol. The van der Waals surface area contributed by atoms with Crippen molar-refractivity contribution in [3.05, 3.63) is 23.8 Å². The molecule has 0 saturated carbocycles. The van der Waals surface area contributed by atoms with E-state index in [1.807, 2.05) is 0 Å². The van der Waals surface area contributed by atoms with Crippen LogP contribution in [-0.2, 0) is 4.79 Å². The molecule has 2 amide bonds. The van der Waals surface area contributed by atoms with Crippen LogP contribution in [0.3, 0.4) is 0 Å². The van der Waals surface area contributed by atoms with Gasteiger partial charge in [-0.1, -0.05) is 0 Å². The van der Waals surface area contributed by atoms with E-state index in [0.29, 0.717) is 23.5 Å². The van der Waals surface area contributed by atoms with Gasteiger partial charge < -0.3 is 22.1 Å². The molecule has 6 nitrogen and oxygen atoms in total. The number of nitrogens with two attached hydrogens (primary N) is 2. The van der Waals surface area contributed by atoms with E-state index in [1.54, 1.807) is 25.2 Å². The molecule has 0 bridgehead atoms. The summed E-state index contributed by atoms with van der Waals surface area (Å²) in [5.74, 6) is -0.571. The lowest BCUT2D eigenvalue weighted by atomic mass is 10.1. The minimum Gasteiger partial charge on any atom is -0.397 e. The van der Waals surface area contributed by atoms with Gasteiger partial charge in [0.25, 0.3) is 5.91 Å². The first kappa shape index (κ1) is 12.8. The monoisotopic (exact) mass is 236 g/mol. The summed E-state index contributed by atoms with van der Waals surface area (Å²) in [7, 11) is 1.55. The highest BCUT2D eigenvalue weighted by Gasteiger charge is 2.06. The molecule has 6 heteroatoms. The van der Waals surface area contributed by atoms with Crippen molar-refractivity contribution < 1.29 is 9.59 Å². The number of hydrogen-bond acceptors (Lipinski definition) is 4. The van der Waals surface area contributed by atoms with E-state index >= 15 is 0 Å². The van der Waals surface area contributed by atoms with Crippen LogP contribution in [0.4, 0.5) is 11.4 Å². The standard InChI is InChI=1S/C11H16N4O2/c1-14-11(17)7-2-3-9(8(12)6-7)15-5-4-10(13)16/h2-3,6,15H,4-5,12H2,1H3,(H2,13,16)(H,14,17). The number of nitrogens with one attached hydrogen (secondary N) is 2. The Hall–Kier alpha value is -2.24. The van der Waals surface area contributed by atoms with Crippen molar-refractivity contribution in [2.45, 2.75) is 6.42 Å². The van der Waals surface area contributed by atoms with Crippen molar-refractivity contribution in [3.63, 3.8) is 0 Å². The fourth-order valence-electron chi connectivity index (χ4n) is 1.33. The smallest absolute Gasteiger partial charge is 0.251 e. The van der Waals surface area contributed by atoms with Crippen LogP contribution in [0.5, 0.6) is 0 Å². The summed E-state index contributed by atoms with van der Waals surface area (Å²) >= 11 is 0. The lowest BCUT2D eigenvalue weighted by Crippen LogP contribution is -2.18. The molecule has 0 spiro atoms. The summed E-state index contributed by atoms with van der Waals surface area (Å²) in [5.41, 5.74) is 12.4. The highest BCUT2D eigenvalue weighted by molar-refractivity contribution is 5.95. The highest BCUT2D eigenvalue weighted by Crippen LogP contribution is 2.19. The summed E-state index contributed by atoms with van der Waals surface area (Å²) in [5, 5.41) is 5.48. The summed E-state index contributed by atoms with van der Waals surface area (Å²) in [6.45, 7) is 0.416. The number of carbonyl (C=O) groups is 2. The molecule has 0 aliphatic rings. The zero-order valence-corrected chi connectivity index (χ0v) is 9.62. The van der Waals surface area contributed by atoms with Gasteiger partial charge in [-0.25, -0.2) is 0 Å². The Balaban J connectivity index is 2.69. The summed E-state index contributed by atoms with van der Waals surface area (Å²) in [4.78, 5) is 21.9. The van der Waals surface area contributed by atoms with Crippen molar-refractivity contribution in [1.82, 2.24) is 5.32 Å². The molecular weight excluding hydrogens is 220 g/mol. The Bertz CT molecular complexity index is 431. The van der Waals surface area contributed by atoms with Gasteiger partial charge in [0.15, 0.2) is 0 Å². The minimum absolute atomic E-state index is 0.194. The third-order valence-electron chi connectivity index (χ3n) is 2.23. The molecule has 92 valence electrons. The zero-order valence-electron chi connectivity index (χ0n) is 9.62. The maximum absolute atomic E-state index is 11.3. The average Bonchev–Trinajstić information content (AvgIpc) is 2.29. The third-order valence-corrected chi connectivity index (χ3v) is 2.23. The molecule has 1 aromatic rings. The average molecular weight is 236 g/mol. The van der Waals surface area contributed by atoms with Crippen LogP contribution in [0.15, 0.2) is 18.2 Å². The first-order valence-electron chi connectivity index (χ1n) is 5.18. The first-order chi connectivity index (χ1) is 8.04. The molecule has 1 rings (SSSR count). The Kier molecular flexibility index (Phi) is 4.33. The molecule has 0 aliphatic heterocycles. The van der Waals surface area contributed by atoms with E-state index in [4.69, 9.17) is 11.5 Å². The van der Waals surface area contributed by atoms with E-state index in [9.17, 15) is 9.59 Å². The fraction of sp³-hybridized carbons (Fsp3) is 0.273. The number of benzene rings is 1. The second-order valence-electron chi connectivity index (χ2n) is 3.52. The summed E-state index contributed by atoms with van der Waals surface area (Å²) in [6, 6.07) is 4.92. The van der Waals surface area contributed by atoms with Gasteiger partial charge in [-0.2, -0.15) is 0 Å². The van der Waals surface area contributed by atoms with Crippen molar-refractivity contribution in [1.29, 1.82) is 0 Å².